The highest BCUT2D eigenvalue weighted by molar-refractivity contribution is 5.87. The Bertz CT molecular complexity index is 580. The molecular formula is C14H14FNO3. The van der Waals surface area contributed by atoms with E-state index in [2.05, 4.69) is 5.32 Å². The minimum Gasteiger partial charge on any atom is -0.478 e. The fraction of sp³-hybridized carbons (Fsp3) is 0.214. The zero-order valence-corrected chi connectivity index (χ0v) is 10.4. The molecule has 1 aromatic heterocycles. The van der Waals surface area contributed by atoms with Gasteiger partial charge in [0.1, 0.15) is 17.8 Å². The van der Waals surface area contributed by atoms with E-state index < -0.39 is 5.97 Å². The summed E-state index contributed by atoms with van der Waals surface area (Å²) in [7, 11) is 0. The van der Waals surface area contributed by atoms with E-state index in [0.29, 0.717) is 17.9 Å². The second kappa shape index (κ2) is 5.67. The van der Waals surface area contributed by atoms with Gasteiger partial charge in [-0.05, 0) is 19.1 Å². The van der Waals surface area contributed by atoms with Gasteiger partial charge in [0.15, 0.2) is 0 Å². The second-order valence-electron chi connectivity index (χ2n) is 4.23. The number of hydrogen-bond acceptors (Lipinski definition) is 3. The number of halogens is 1. The lowest BCUT2D eigenvalue weighted by Gasteiger charge is -2.13. The molecule has 1 aromatic carbocycles. The molecule has 4 nitrogen and oxygen atoms in total. The van der Waals surface area contributed by atoms with Gasteiger partial charge in [-0.15, -0.1) is 0 Å². The number of rotatable bonds is 5. The van der Waals surface area contributed by atoms with E-state index in [4.69, 9.17) is 9.52 Å². The number of carboxylic acids is 1. The molecule has 0 spiro atoms. The highest BCUT2D eigenvalue weighted by Crippen LogP contribution is 2.17. The molecule has 5 heteroatoms. The molecule has 0 amide bonds. The average Bonchev–Trinajstić information content (AvgIpc) is 2.85. The van der Waals surface area contributed by atoms with Gasteiger partial charge in [0.25, 0.3) is 0 Å². The molecule has 1 atom stereocenters. The van der Waals surface area contributed by atoms with Crippen molar-refractivity contribution in [1.82, 2.24) is 5.32 Å². The summed E-state index contributed by atoms with van der Waals surface area (Å²) in [5, 5.41) is 11.8. The van der Waals surface area contributed by atoms with Crippen LogP contribution in [0.25, 0.3) is 0 Å². The van der Waals surface area contributed by atoms with Crippen LogP contribution in [0.1, 0.15) is 34.6 Å². The molecule has 1 heterocycles. The molecular weight excluding hydrogens is 249 g/mol. The van der Waals surface area contributed by atoms with Gasteiger partial charge in [-0.3, -0.25) is 0 Å². The Morgan fingerprint density at radius 2 is 2.21 bits per heavy atom. The molecule has 100 valence electrons. The van der Waals surface area contributed by atoms with Crippen LogP contribution >= 0.6 is 0 Å². The fourth-order valence-electron chi connectivity index (χ4n) is 1.78. The Morgan fingerprint density at radius 1 is 1.47 bits per heavy atom. The normalized spacial score (nSPS) is 12.3. The first-order chi connectivity index (χ1) is 9.08. The molecule has 0 fully saturated rings. The predicted octanol–water partition coefficient (Wildman–Crippen LogP) is 2.97. The number of nitrogens with one attached hydrogen (secondary N) is 1. The summed E-state index contributed by atoms with van der Waals surface area (Å²) in [4.78, 5) is 10.7. The molecule has 0 bridgehead atoms. The summed E-state index contributed by atoms with van der Waals surface area (Å²) >= 11 is 0. The Morgan fingerprint density at radius 3 is 2.84 bits per heavy atom. The molecule has 19 heavy (non-hydrogen) atoms. The summed E-state index contributed by atoms with van der Waals surface area (Å²) in [5.74, 6) is -0.800. The first-order valence-electron chi connectivity index (χ1n) is 5.86. The van der Waals surface area contributed by atoms with Gasteiger partial charge in [0.2, 0.25) is 0 Å². The maximum Gasteiger partial charge on any atom is 0.338 e. The van der Waals surface area contributed by atoms with Crippen molar-refractivity contribution in [2.45, 2.75) is 19.5 Å². The lowest BCUT2D eigenvalue weighted by Crippen LogP contribution is -2.18. The number of benzene rings is 1. The Labute approximate surface area is 109 Å². The largest absolute Gasteiger partial charge is 0.478 e. The van der Waals surface area contributed by atoms with Crippen molar-refractivity contribution in [1.29, 1.82) is 0 Å². The topological polar surface area (TPSA) is 62.5 Å². The van der Waals surface area contributed by atoms with Gasteiger partial charge in [-0.2, -0.15) is 0 Å². The van der Waals surface area contributed by atoms with Crippen LogP contribution in [0.4, 0.5) is 4.39 Å². The molecule has 0 aliphatic heterocycles. The SMILES string of the molecule is C[C@@H](NCc1cc(C(=O)O)co1)c1ccccc1F. The van der Waals surface area contributed by atoms with Crippen molar-refractivity contribution in [3.8, 4) is 0 Å². The quantitative estimate of drug-likeness (QED) is 0.870. The van der Waals surface area contributed by atoms with Crippen LogP contribution in [-0.4, -0.2) is 11.1 Å². The van der Waals surface area contributed by atoms with Crippen molar-refractivity contribution < 1.29 is 18.7 Å². The highest BCUT2D eigenvalue weighted by Gasteiger charge is 2.12. The van der Waals surface area contributed by atoms with Gasteiger partial charge in [0, 0.05) is 11.6 Å². The maximum atomic E-state index is 13.5. The van der Waals surface area contributed by atoms with Crippen LogP contribution < -0.4 is 5.32 Å². The van der Waals surface area contributed by atoms with Gasteiger partial charge >= 0.3 is 5.97 Å². The first-order valence-corrected chi connectivity index (χ1v) is 5.86. The monoisotopic (exact) mass is 263 g/mol. The van der Waals surface area contributed by atoms with Crippen molar-refractivity contribution in [2.75, 3.05) is 0 Å². The van der Waals surface area contributed by atoms with E-state index in [1.807, 2.05) is 6.92 Å². The van der Waals surface area contributed by atoms with Crippen LogP contribution in [0.15, 0.2) is 41.0 Å². The summed E-state index contributed by atoms with van der Waals surface area (Å²) in [6, 6.07) is 7.77. The average molecular weight is 263 g/mol. The van der Waals surface area contributed by atoms with Crippen molar-refractivity contribution in [2.24, 2.45) is 0 Å². The van der Waals surface area contributed by atoms with E-state index in [9.17, 15) is 9.18 Å². The Balaban J connectivity index is 1.98. The van der Waals surface area contributed by atoms with Crippen molar-refractivity contribution >= 4 is 5.97 Å². The van der Waals surface area contributed by atoms with E-state index in [-0.39, 0.29) is 17.4 Å². The molecule has 0 aliphatic carbocycles. The number of aromatic carboxylic acids is 1. The van der Waals surface area contributed by atoms with Crippen LogP contribution in [0.2, 0.25) is 0 Å². The fourth-order valence-corrected chi connectivity index (χ4v) is 1.78. The van der Waals surface area contributed by atoms with Crippen LogP contribution in [0.5, 0.6) is 0 Å². The molecule has 0 unspecified atom stereocenters. The minimum atomic E-state index is -1.03. The molecule has 0 aliphatic rings. The van der Waals surface area contributed by atoms with E-state index in [1.54, 1.807) is 18.2 Å². The lowest BCUT2D eigenvalue weighted by atomic mass is 10.1. The van der Waals surface area contributed by atoms with Gasteiger partial charge in [0.05, 0.1) is 12.1 Å². The van der Waals surface area contributed by atoms with E-state index in [0.717, 1.165) is 0 Å². The lowest BCUT2D eigenvalue weighted by molar-refractivity contribution is 0.0696. The van der Waals surface area contributed by atoms with Gasteiger partial charge in [-0.25, -0.2) is 9.18 Å². The Kier molecular flexibility index (Phi) is 3.97. The molecule has 0 saturated carbocycles. The zero-order chi connectivity index (χ0) is 13.8. The number of furan rings is 1. The second-order valence-corrected chi connectivity index (χ2v) is 4.23. The molecule has 2 rings (SSSR count). The van der Waals surface area contributed by atoms with Crippen LogP contribution in [0.3, 0.4) is 0 Å². The Hall–Kier alpha value is -2.14. The summed E-state index contributed by atoms with van der Waals surface area (Å²) in [5.41, 5.74) is 0.669. The molecule has 0 radical (unpaired) electrons. The van der Waals surface area contributed by atoms with E-state index in [1.165, 1.54) is 18.4 Å². The van der Waals surface area contributed by atoms with E-state index >= 15 is 0 Å². The summed E-state index contributed by atoms with van der Waals surface area (Å²) < 4.78 is 18.6. The number of hydrogen-bond donors (Lipinski definition) is 2. The van der Waals surface area contributed by atoms with Gasteiger partial charge in [-0.1, -0.05) is 18.2 Å². The smallest absolute Gasteiger partial charge is 0.338 e. The third-order valence-electron chi connectivity index (χ3n) is 2.85. The third kappa shape index (κ3) is 3.20. The number of carbonyl (C=O) groups is 1. The summed E-state index contributed by atoms with van der Waals surface area (Å²) in [6.45, 7) is 2.17. The predicted molar refractivity (Wildman–Crippen MR) is 67.3 cm³/mol. The van der Waals surface area contributed by atoms with Crippen LogP contribution in [-0.2, 0) is 6.54 Å². The minimum absolute atomic E-state index is 0.107. The first kappa shape index (κ1) is 13.3. The maximum absolute atomic E-state index is 13.5. The third-order valence-corrected chi connectivity index (χ3v) is 2.85. The highest BCUT2D eigenvalue weighted by atomic mass is 19.1. The van der Waals surface area contributed by atoms with Gasteiger partial charge < -0.3 is 14.8 Å². The van der Waals surface area contributed by atoms with Crippen molar-refractivity contribution in [3.63, 3.8) is 0 Å². The van der Waals surface area contributed by atoms with Crippen LogP contribution in [0, 0.1) is 5.82 Å². The molecule has 2 N–H and O–H groups in total. The van der Waals surface area contributed by atoms with Crippen molar-refractivity contribution in [3.05, 3.63) is 59.3 Å². The standard InChI is InChI=1S/C14H14FNO3/c1-9(12-4-2-3-5-13(12)15)16-7-11-6-10(8-19-11)14(17)18/h2-6,8-9,16H,7H2,1H3,(H,17,18)/t9-/m1/s1. The molecule has 2 aromatic rings. The summed E-state index contributed by atoms with van der Waals surface area (Å²) in [6.07, 6.45) is 1.19. The zero-order valence-electron chi connectivity index (χ0n) is 10.4. The molecule has 0 saturated heterocycles. The number of carboxylic acid groups (broad SMARTS) is 1.